The number of aromatic nitrogens is 1. The number of benzene rings is 1. The third-order valence-electron chi connectivity index (χ3n) is 5.81. The zero-order valence-corrected chi connectivity index (χ0v) is 20.0. The molecule has 1 aromatic carbocycles. The van der Waals surface area contributed by atoms with Crippen LogP contribution in [0.3, 0.4) is 0 Å². The van der Waals surface area contributed by atoms with E-state index in [1.807, 2.05) is 24.3 Å². The molecule has 33 heavy (non-hydrogen) atoms. The average Bonchev–Trinajstić information content (AvgIpc) is 3.23. The van der Waals surface area contributed by atoms with Crippen LogP contribution in [0.25, 0.3) is 17.0 Å². The Morgan fingerprint density at radius 1 is 1.33 bits per heavy atom. The van der Waals surface area contributed by atoms with E-state index in [1.54, 1.807) is 48.2 Å². The highest BCUT2D eigenvalue weighted by Crippen LogP contribution is 2.25. The lowest BCUT2D eigenvalue weighted by Crippen LogP contribution is -2.62. The van der Waals surface area contributed by atoms with Gasteiger partial charge in [0.2, 0.25) is 11.8 Å². The van der Waals surface area contributed by atoms with Crippen LogP contribution in [-0.4, -0.2) is 58.9 Å². The molecule has 1 aliphatic rings. The van der Waals surface area contributed by atoms with Crippen molar-refractivity contribution in [3.05, 3.63) is 63.4 Å². The number of anilines is 1. The molecular formula is C24H25ClN4O3S. The number of nitrogen functional groups attached to an aromatic ring is 1. The molecule has 0 radical (unpaired) electrons. The van der Waals surface area contributed by atoms with Crippen molar-refractivity contribution in [1.82, 2.24) is 14.8 Å². The molecule has 3 heterocycles. The van der Waals surface area contributed by atoms with Crippen LogP contribution >= 0.6 is 22.9 Å². The second kappa shape index (κ2) is 9.91. The summed E-state index contributed by atoms with van der Waals surface area (Å²) in [5, 5.41) is 0.882. The molecule has 2 aromatic heterocycles. The molecule has 0 bridgehead atoms. The number of nitrogens with zero attached hydrogens (tertiary/aromatic N) is 3. The minimum Gasteiger partial charge on any atom is -0.398 e. The molecule has 2 atom stereocenters. The monoisotopic (exact) mass is 484 g/mol. The van der Waals surface area contributed by atoms with Crippen LogP contribution in [0.2, 0.25) is 4.34 Å². The van der Waals surface area contributed by atoms with Gasteiger partial charge in [0.25, 0.3) is 0 Å². The first-order valence-corrected chi connectivity index (χ1v) is 11.8. The number of carbonyl (C=O) groups excluding carboxylic acids is 2. The maximum absolute atomic E-state index is 13.4. The van der Waals surface area contributed by atoms with E-state index in [-0.39, 0.29) is 11.8 Å². The number of methoxy groups -OCH3 is 1. The van der Waals surface area contributed by atoms with Gasteiger partial charge in [-0.25, -0.2) is 0 Å². The molecule has 0 spiro atoms. The normalized spacial score (nSPS) is 17.8. The molecule has 1 saturated heterocycles. The molecule has 7 nitrogen and oxygen atoms in total. The van der Waals surface area contributed by atoms with Crippen molar-refractivity contribution in [2.75, 3.05) is 25.9 Å². The van der Waals surface area contributed by atoms with Crippen LogP contribution in [0.5, 0.6) is 0 Å². The SMILES string of the molecule is CO[C@@H](C)C1C(=O)N(Cc2ccc3c(N)ccnc3c2)CCN1C(=O)/C=C/c1ccc(Cl)s1. The van der Waals surface area contributed by atoms with Gasteiger partial charge in [-0.15, -0.1) is 11.3 Å². The summed E-state index contributed by atoms with van der Waals surface area (Å²) in [5.74, 6) is -0.371. The Balaban J connectivity index is 1.52. The summed E-state index contributed by atoms with van der Waals surface area (Å²) in [4.78, 5) is 35.0. The summed E-state index contributed by atoms with van der Waals surface area (Å²) < 4.78 is 6.13. The molecule has 172 valence electrons. The van der Waals surface area contributed by atoms with E-state index in [4.69, 9.17) is 22.1 Å². The molecule has 1 fully saturated rings. The summed E-state index contributed by atoms with van der Waals surface area (Å²) in [5.41, 5.74) is 8.42. The van der Waals surface area contributed by atoms with Gasteiger partial charge >= 0.3 is 0 Å². The van der Waals surface area contributed by atoms with E-state index in [2.05, 4.69) is 4.98 Å². The Bertz CT molecular complexity index is 1210. The first-order valence-electron chi connectivity index (χ1n) is 10.6. The van der Waals surface area contributed by atoms with Gasteiger partial charge in [-0.3, -0.25) is 14.6 Å². The van der Waals surface area contributed by atoms with Crippen LogP contribution in [0.4, 0.5) is 5.69 Å². The van der Waals surface area contributed by atoms with Gasteiger partial charge in [-0.05, 0) is 42.8 Å². The molecule has 2 amide bonds. The fourth-order valence-corrected chi connectivity index (χ4v) is 4.95. The van der Waals surface area contributed by atoms with Gasteiger partial charge in [0.1, 0.15) is 6.04 Å². The summed E-state index contributed by atoms with van der Waals surface area (Å²) in [6.45, 7) is 3.07. The predicted octanol–water partition coefficient (Wildman–Crippen LogP) is 3.82. The number of hydrogen-bond donors (Lipinski definition) is 1. The summed E-state index contributed by atoms with van der Waals surface area (Å²) in [7, 11) is 1.54. The van der Waals surface area contributed by atoms with Crippen LogP contribution in [0.1, 0.15) is 17.4 Å². The maximum atomic E-state index is 13.4. The number of thiophene rings is 1. The third kappa shape index (κ3) is 5.03. The number of halogens is 1. The Hall–Kier alpha value is -2.94. The van der Waals surface area contributed by atoms with Crippen molar-refractivity contribution in [2.45, 2.75) is 25.6 Å². The van der Waals surface area contributed by atoms with Crippen molar-refractivity contribution < 1.29 is 14.3 Å². The number of carbonyl (C=O) groups is 2. The Morgan fingerprint density at radius 2 is 2.15 bits per heavy atom. The van der Waals surface area contributed by atoms with E-state index in [9.17, 15) is 9.59 Å². The van der Waals surface area contributed by atoms with E-state index < -0.39 is 12.1 Å². The first-order chi connectivity index (χ1) is 15.9. The molecule has 0 saturated carbocycles. The van der Waals surface area contributed by atoms with Crippen molar-refractivity contribution in [2.24, 2.45) is 0 Å². The highest BCUT2D eigenvalue weighted by Gasteiger charge is 2.40. The number of piperazine rings is 1. The molecule has 2 N–H and O–H groups in total. The lowest BCUT2D eigenvalue weighted by molar-refractivity contribution is -0.155. The number of ether oxygens (including phenoxy) is 1. The van der Waals surface area contributed by atoms with Gasteiger partial charge in [0, 0.05) is 55.0 Å². The zero-order chi connectivity index (χ0) is 23.5. The number of hydrogen-bond acceptors (Lipinski definition) is 6. The van der Waals surface area contributed by atoms with Gasteiger partial charge in [-0.1, -0.05) is 23.7 Å². The lowest BCUT2D eigenvalue weighted by atomic mass is 10.0. The molecule has 9 heteroatoms. The van der Waals surface area contributed by atoms with Crippen LogP contribution in [0, 0.1) is 0 Å². The van der Waals surface area contributed by atoms with E-state index in [0.29, 0.717) is 29.7 Å². The molecule has 3 aromatic rings. The second-order valence-electron chi connectivity index (χ2n) is 7.90. The summed E-state index contributed by atoms with van der Waals surface area (Å²) >= 11 is 7.35. The van der Waals surface area contributed by atoms with Crippen LogP contribution < -0.4 is 5.73 Å². The highest BCUT2D eigenvalue weighted by atomic mass is 35.5. The van der Waals surface area contributed by atoms with Gasteiger partial charge < -0.3 is 20.3 Å². The molecular weight excluding hydrogens is 460 g/mol. The number of nitrogens with two attached hydrogens (primary N) is 1. The van der Waals surface area contributed by atoms with Crippen LogP contribution in [-0.2, 0) is 20.9 Å². The minimum atomic E-state index is -0.706. The second-order valence-corrected chi connectivity index (χ2v) is 9.65. The van der Waals surface area contributed by atoms with Crippen molar-refractivity contribution in [3.8, 4) is 0 Å². The van der Waals surface area contributed by atoms with Crippen molar-refractivity contribution in [1.29, 1.82) is 0 Å². The number of pyridine rings is 1. The van der Waals surface area contributed by atoms with E-state index in [0.717, 1.165) is 21.3 Å². The summed E-state index contributed by atoms with van der Waals surface area (Å²) in [6.07, 6.45) is 4.43. The Kier molecular flexibility index (Phi) is 6.97. The van der Waals surface area contributed by atoms with E-state index in [1.165, 1.54) is 17.4 Å². The van der Waals surface area contributed by atoms with Gasteiger partial charge in [0.15, 0.2) is 0 Å². The molecule has 1 unspecified atom stereocenters. The maximum Gasteiger partial charge on any atom is 0.248 e. The lowest BCUT2D eigenvalue weighted by Gasteiger charge is -2.42. The summed E-state index contributed by atoms with van der Waals surface area (Å²) in [6, 6.07) is 10.5. The quantitative estimate of drug-likeness (QED) is 0.537. The average molecular weight is 485 g/mol. The number of rotatable bonds is 6. The largest absolute Gasteiger partial charge is 0.398 e. The van der Waals surface area contributed by atoms with Gasteiger partial charge in [-0.2, -0.15) is 0 Å². The van der Waals surface area contributed by atoms with Gasteiger partial charge in [0.05, 0.1) is 16.0 Å². The molecule has 0 aliphatic carbocycles. The Morgan fingerprint density at radius 3 is 2.88 bits per heavy atom. The first kappa shape index (κ1) is 23.2. The fourth-order valence-electron chi connectivity index (χ4n) is 3.99. The predicted molar refractivity (Wildman–Crippen MR) is 132 cm³/mol. The number of fused-ring (bicyclic) bond motifs is 1. The van der Waals surface area contributed by atoms with Crippen LogP contribution in [0.15, 0.2) is 48.7 Å². The highest BCUT2D eigenvalue weighted by molar-refractivity contribution is 7.17. The zero-order valence-electron chi connectivity index (χ0n) is 18.4. The van der Waals surface area contributed by atoms with Crippen molar-refractivity contribution in [3.63, 3.8) is 0 Å². The topological polar surface area (TPSA) is 88.8 Å². The third-order valence-corrected chi connectivity index (χ3v) is 7.01. The standard InChI is InChI=1S/C24H25ClN4O3S/c1-15(32-2)23-24(31)28(14-16-3-6-18-19(26)9-10-27-20(18)13-16)11-12-29(23)22(30)8-5-17-4-7-21(25)33-17/h3-10,13,15,23H,11-12,14H2,1-2H3,(H2,26,27)/b8-5+/t15-,23?/m0/s1. The fraction of sp³-hybridized carbons (Fsp3) is 0.292. The van der Waals surface area contributed by atoms with E-state index >= 15 is 0 Å². The molecule has 4 rings (SSSR count). The minimum absolute atomic E-state index is 0.142. The Labute approximate surface area is 201 Å². The number of amides is 2. The van der Waals surface area contributed by atoms with Crippen molar-refractivity contribution >= 4 is 57.4 Å². The smallest absolute Gasteiger partial charge is 0.248 e. The molecule has 1 aliphatic heterocycles.